The minimum atomic E-state index is 0.331. The Hall–Kier alpha value is -0.610. The van der Waals surface area contributed by atoms with Crippen LogP contribution in [0, 0.1) is 0 Å². The summed E-state index contributed by atoms with van der Waals surface area (Å²) in [5.41, 5.74) is 5.66. The fraction of sp³-hybridized carbons (Fsp3) is 0.938. The molecule has 2 aliphatic carbocycles. The summed E-state index contributed by atoms with van der Waals surface area (Å²) in [6, 6.07) is 1.15. The Bertz CT molecular complexity index is 298. The van der Waals surface area contributed by atoms with E-state index in [4.69, 9.17) is 5.73 Å². The van der Waals surface area contributed by atoms with Crippen molar-refractivity contribution in [2.24, 2.45) is 5.73 Å². The van der Waals surface area contributed by atoms with Crippen molar-refractivity contribution in [2.45, 2.75) is 70.4 Å². The van der Waals surface area contributed by atoms with Gasteiger partial charge in [0, 0.05) is 25.2 Å². The molecule has 0 saturated heterocycles. The maximum absolute atomic E-state index is 12.5. The smallest absolute Gasteiger partial charge is 0.236 e. The lowest BCUT2D eigenvalue weighted by atomic mass is 9.94. The van der Waals surface area contributed by atoms with Gasteiger partial charge in [-0.25, -0.2) is 0 Å². The highest BCUT2D eigenvalue weighted by Crippen LogP contribution is 2.27. The zero-order valence-electron chi connectivity index (χ0n) is 13.0. The number of amides is 1. The second kappa shape index (κ2) is 7.99. The minimum Gasteiger partial charge on any atom is -0.339 e. The Kier molecular flexibility index (Phi) is 6.30. The van der Waals surface area contributed by atoms with Gasteiger partial charge in [-0.2, -0.15) is 0 Å². The molecule has 1 amide bonds. The number of nitrogens with zero attached hydrogens (tertiary/aromatic N) is 2. The largest absolute Gasteiger partial charge is 0.339 e. The van der Waals surface area contributed by atoms with Crippen LogP contribution in [0.25, 0.3) is 0 Å². The molecule has 0 heterocycles. The van der Waals surface area contributed by atoms with Crippen LogP contribution in [0.3, 0.4) is 0 Å². The van der Waals surface area contributed by atoms with E-state index < -0.39 is 0 Å². The molecule has 0 aromatic carbocycles. The first-order valence-corrected chi connectivity index (χ1v) is 8.49. The molecule has 2 rings (SSSR count). The van der Waals surface area contributed by atoms with E-state index in [0.717, 1.165) is 26.1 Å². The van der Waals surface area contributed by atoms with E-state index in [1.807, 2.05) is 0 Å². The van der Waals surface area contributed by atoms with Gasteiger partial charge in [-0.3, -0.25) is 9.69 Å². The van der Waals surface area contributed by atoms with Crippen molar-refractivity contribution < 1.29 is 4.79 Å². The quantitative estimate of drug-likeness (QED) is 0.740. The molecule has 20 heavy (non-hydrogen) atoms. The van der Waals surface area contributed by atoms with Gasteiger partial charge in [0.15, 0.2) is 0 Å². The van der Waals surface area contributed by atoms with Gasteiger partial charge in [0.2, 0.25) is 5.91 Å². The van der Waals surface area contributed by atoms with Crippen LogP contribution >= 0.6 is 0 Å². The van der Waals surface area contributed by atoms with Gasteiger partial charge in [-0.05, 0) is 45.6 Å². The van der Waals surface area contributed by atoms with Gasteiger partial charge in [-0.15, -0.1) is 0 Å². The normalized spacial score (nSPS) is 20.4. The number of carbonyl (C=O) groups excluding carboxylic acids is 1. The standard InChI is InChI=1S/C16H31N3O/c1-2-19(15-9-10-15)16(20)13-18(12-6-11-17)14-7-4-3-5-8-14/h14-15H,2-13,17H2,1H3. The highest BCUT2D eigenvalue weighted by Gasteiger charge is 2.32. The SMILES string of the molecule is CCN(C(=O)CN(CCCN)C1CCCCC1)C1CC1. The average molecular weight is 281 g/mol. The maximum atomic E-state index is 12.5. The van der Waals surface area contributed by atoms with Crippen molar-refractivity contribution in [3.8, 4) is 0 Å². The van der Waals surface area contributed by atoms with Crippen LogP contribution in [0.1, 0.15) is 58.3 Å². The maximum Gasteiger partial charge on any atom is 0.236 e. The van der Waals surface area contributed by atoms with Crippen LogP contribution in [-0.4, -0.2) is 54.0 Å². The molecular formula is C16H31N3O. The molecule has 0 unspecified atom stereocenters. The first kappa shape index (κ1) is 15.8. The van der Waals surface area contributed by atoms with Gasteiger partial charge < -0.3 is 10.6 Å². The molecule has 116 valence electrons. The molecule has 0 bridgehead atoms. The summed E-state index contributed by atoms with van der Waals surface area (Å²) in [6.07, 6.45) is 9.91. The van der Waals surface area contributed by atoms with Crippen molar-refractivity contribution in [2.75, 3.05) is 26.2 Å². The summed E-state index contributed by atoms with van der Waals surface area (Å²) < 4.78 is 0. The van der Waals surface area contributed by atoms with Gasteiger partial charge in [0.05, 0.1) is 6.54 Å². The van der Waals surface area contributed by atoms with Crippen molar-refractivity contribution in [3.05, 3.63) is 0 Å². The third kappa shape index (κ3) is 4.45. The lowest BCUT2D eigenvalue weighted by molar-refractivity contribution is -0.133. The monoisotopic (exact) mass is 281 g/mol. The lowest BCUT2D eigenvalue weighted by Crippen LogP contribution is -2.46. The van der Waals surface area contributed by atoms with Gasteiger partial charge in [-0.1, -0.05) is 19.3 Å². The summed E-state index contributed by atoms with van der Waals surface area (Å²) in [5.74, 6) is 0.331. The van der Waals surface area contributed by atoms with Gasteiger partial charge in [0.25, 0.3) is 0 Å². The molecule has 2 saturated carbocycles. The van der Waals surface area contributed by atoms with Gasteiger partial charge in [0.1, 0.15) is 0 Å². The molecule has 4 nitrogen and oxygen atoms in total. The minimum absolute atomic E-state index is 0.331. The predicted molar refractivity (Wildman–Crippen MR) is 82.5 cm³/mol. The third-order valence-corrected chi connectivity index (χ3v) is 4.73. The van der Waals surface area contributed by atoms with Crippen LogP contribution in [0.4, 0.5) is 0 Å². The molecule has 0 radical (unpaired) electrons. The molecule has 0 atom stereocenters. The molecule has 2 fully saturated rings. The summed E-state index contributed by atoms with van der Waals surface area (Å²) in [4.78, 5) is 17.0. The molecule has 2 N–H and O–H groups in total. The lowest BCUT2D eigenvalue weighted by Gasteiger charge is -2.35. The van der Waals surface area contributed by atoms with Crippen molar-refractivity contribution in [3.63, 3.8) is 0 Å². The summed E-state index contributed by atoms with van der Waals surface area (Å²) >= 11 is 0. The first-order chi connectivity index (χ1) is 9.76. The average Bonchev–Trinajstić information content (AvgIpc) is 3.30. The highest BCUT2D eigenvalue weighted by molar-refractivity contribution is 5.79. The number of likely N-dealkylation sites (N-methyl/N-ethyl adjacent to an activating group) is 1. The summed E-state index contributed by atoms with van der Waals surface area (Å²) in [7, 11) is 0. The van der Waals surface area contributed by atoms with Crippen LogP contribution in [0.5, 0.6) is 0 Å². The van der Waals surface area contributed by atoms with E-state index in [1.165, 1.54) is 44.9 Å². The molecule has 0 spiro atoms. The number of nitrogens with two attached hydrogens (primary N) is 1. The van der Waals surface area contributed by atoms with Crippen LogP contribution in [0.2, 0.25) is 0 Å². The number of hydrogen-bond acceptors (Lipinski definition) is 3. The topological polar surface area (TPSA) is 49.6 Å². The zero-order chi connectivity index (χ0) is 14.4. The molecular weight excluding hydrogens is 250 g/mol. The Morgan fingerprint density at radius 2 is 1.80 bits per heavy atom. The van der Waals surface area contributed by atoms with E-state index in [2.05, 4.69) is 16.7 Å². The number of carbonyl (C=O) groups is 1. The fourth-order valence-electron chi connectivity index (χ4n) is 3.42. The number of hydrogen-bond donors (Lipinski definition) is 1. The van der Waals surface area contributed by atoms with E-state index in [0.29, 0.717) is 24.5 Å². The number of rotatable bonds is 8. The fourth-order valence-corrected chi connectivity index (χ4v) is 3.42. The Balaban J connectivity index is 1.89. The summed E-state index contributed by atoms with van der Waals surface area (Å²) in [5, 5.41) is 0. The molecule has 4 heteroatoms. The van der Waals surface area contributed by atoms with E-state index in [1.54, 1.807) is 0 Å². The van der Waals surface area contributed by atoms with Crippen molar-refractivity contribution >= 4 is 5.91 Å². The molecule has 2 aliphatic rings. The Morgan fingerprint density at radius 1 is 1.10 bits per heavy atom. The second-order valence-corrected chi connectivity index (χ2v) is 6.32. The summed E-state index contributed by atoms with van der Waals surface area (Å²) in [6.45, 7) is 5.27. The van der Waals surface area contributed by atoms with Crippen molar-refractivity contribution in [1.29, 1.82) is 0 Å². The second-order valence-electron chi connectivity index (χ2n) is 6.32. The third-order valence-electron chi connectivity index (χ3n) is 4.73. The predicted octanol–water partition coefficient (Wildman–Crippen LogP) is 1.98. The van der Waals surface area contributed by atoms with E-state index in [9.17, 15) is 4.79 Å². The first-order valence-electron chi connectivity index (χ1n) is 8.49. The van der Waals surface area contributed by atoms with E-state index in [-0.39, 0.29) is 0 Å². The van der Waals surface area contributed by atoms with Crippen LogP contribution < -0.4 is 5.73 Å². The van der Waals surface area contributed by atoms with Crippen molar-refractivity contribution in [1.82, 2.24) is 9.80 Å². The molecule has 0 aromatic heterocycles. The zero-order valence-corrected chi connectivity index (χ0v) is 13.0. The molecule has 0 aliphatic heterocycles. The van der Waals surface area contributed by atoms with E-state index >= 15 is 0 Å². The van der Waals surface area contributed by atoms with Crippen LogP contribution in [0.15, 0.2) is 0 Å². The van der Waals surface area contributed by atoms with Crippen LogP contribution in [-0.2, 0) is 4.79 Å². The Labute approximate surface area is 123 Å². The van der Waals surface area contributed by atoms with Gasteiger partial charge >= 0.3 is 0 Å². The molecule has 0 aromatic rings. The highest BCUT2D eigenvalue weighted by atomic mass is 16.2. The Morgan fingerprint density at radius 3 is 2.35 bits per heavy atom.